The largest absolute Gasteiger partial charge is 0.461 e. The molecule has 0 aromatic carbocycles. The minimum atomic E-state index is -0.681. The van der Waals surface area contributed by atoms with Crippen molar-refractivity contribution in [3.05, 3.63) is 36.4 Å². The number of nitrogens with one attached hydrogen (secondary N) is 1. The molecule has 0 fully saturated rings. The van der Waals surface area contributed by atoms with Gasteiger partial charge >= 0.3 is 6.09 Å². The molecule has 0 aliphatic heterocycles. The second-order valence-corrected chi connectivity index (χ2v) is 4.04. The number of carbonyl (C=O) groups is 2. The first-order valence-electron chi connectivity index (χ1n) is 5.96. The zero-order valence-corrected chi connectivity index (χ0v) is 10.9. The summed E-state index contributed by atoms with van der Waals surface area (Å²) in [4.78, 5) is 30.7. The fraction of sp³-hybridized carbons (Fsp3) is 0.0769. The van der Waals surface area contributed by atoms with E-state index in [-0.39, 0.29) is 11.7 Å². The van der Waals surface area contributed by atoms with E-state index < -0.39 is 6.09 Å². The van der Waals surface area contributed by atoms with Crippen LogP contribution in [0.1, 0.15) is 10.6 Å². The molecule has 0 radical (unpaired) electrons. The molecule has 0 saturated heterocycles. The highest BCUT2D eigenvalue weighted by Gasteiger charge is 2.16. The molecule has 1 amide bonds. The highest BCUT2D eigenvalue weighted by molar-refractivity contribution is 5.85. The SMILES string of the molecule is COC(=O)Nc1nc(-c2ccoc2C=O)n2cccc2n1. The van der Waals surface area contributed by atoms with Crippen molar-refractivity contribution >= 4 is 24.0 Å². The molecule has 21 heavy (non-hydrogen) atoms. The van der Waals surface area contributed by atoms with E-state index in [9.17, 15) is 9.59 Å². The van der Waals surface area contributed by atoms with Gasteiger partial charge in [-0.1, -0.05) is 0 Å². The maximum absolute atomic E-state index is 11.3. The van der Waals surface area contributed by atoms with Crippen molar-refractivity contribution in [2.24, 2.45) is 0 Å². The van der Waals surface area contributed by atoms with Crippen molar-refractivity contribution < 1.29 is 18.7 Å². The Kier molecular flexibility index (Phi) is 3.11. The van der Waals surface area contributed by atoms with Crippen molar-refractivity contribution in [3.63, 3.8) is 0 Å². The molecule has 0 aliphatic carbocycles. The smallest absolute Gasteiger partial charge is 0.413 e. The molecule has 8 nitrogen and oxygen atoms in total. The zero-order chi connectivity index (χ0) is 14.8. The molecule has 0 spiro atoms. The molecule has 0 saturated carbocycles. The molecule has 3 aromatic heterocycles. The number of hydrogen-bond acceptors (Lipinski definition) is 6. The Morgan fingerprint density at radius 1 is 1.43 bits per heavy atom. The van der Waals surface area contributed by atoms with Gasteiger partial charge in [0.25, 0.3) is 0 Å². The second kappa shape index (κ2) is 5.08. The van der Waals surface area contributed by atoms with Crippen molar-refractivity contribution in [1.82, 2.24) is 14.4 Å². The molecule has 0 bridgehead atoms. The number of hydrogen-bond donors (Lipinski definition) is 1. The van der Waals surface area contributed by atoms with Gasteiger partial charge in [0.15, 0.2) is 17.9 Å². The van der Waals surface area contributed by atoms with Crippen molar-refractivity contribution in [1.29, 1.82) is 0 Å². The summed E-state index contributed by atoms with van der Waals surface area (Å²) < 4.78 is 11.3. The quantitative estimate of drug-likeness (QED) is 0.739. The van der Waals surface area contributed by atoms with Gasteiger partial charge in [-0.25, -0.2) is 4.79 Å². The van der Waals surface area contributed by atoms with Crippen LogP contribution in [0.3, 0.4) is 0 Å². The van der Waals surface area contributed by atoms with Gasteiger partial charge in [0, 0.05) is 6.20 Å². The summed E-state index contributed by atoms with van der Waals surface area (Å²) in [6.45, 7) is 0. The average Bonchev–Trinajstić information content (AvgIpc) is 3.14. The topological polar surface area (TPSA) is 98.7 Å². The van der Waals surface area contributed by atoms with E-state index >= 15 is 0 Å². The number of amides is 1. The normalized spacial score (nSPS) is 10.5. The summed E-state index contributed by atoms with van der Waals surface area (Å²) in [5.74, 6) is 0.640. The van der Waals surface area contributed by atoms with Gasteiger partial charge in [0.05, 0.1) is 18.9 Å². The van der Waals surface area contributed by atoms with E-state index in [1.807, 2.05) is 0 Å². The third kappa shape index (κ3) is 2.22. The molecule has 1 N–H and O–H groups in total. The number of ether oxygens (including phenoxy) is 1. The Morgan fingerprint density at radius 3 is 3.05 bits per heavy atom. The van der Waals surface area contributed by atoms with E-state index in [1.54, 1.807) is 28.8 Å². The summed E-state index contributed by atoms with van der Waals surface area (Å²) in [5.41, 5.74) is 1.06. The zero-order valence-electron chi connectivity index (χ0n) is 10.9. The summed E-state index contributed by atoms with van der Waals surface area (Å²) in [6, 6.07) is 5.14. The van der Waals surface area contributed by atoms with E-state index in [4.69, 9.17) is 4.42 Å². The van der Waals surface area contributed by atoms with Gasteiger partial charge in [0.1, 0.15) is 5.65 Å². The number of carbonyl (C=O) groups excluding carboxylic acids is 2. The number of fused-ring (bicyclic) bond motifs is 1. The van der Waals surface area contributed by atoms with Crippen LogP contribution in [0.5, 0.6) is 0 Å². The van der Waals surface area contributed by atoms with Crippen molar-refractivity contribution in [2.45, 2.75) is 0 Å². The van der Waals surface area contributed by atoms with E-state index in [2.05, 4.69) is 20.0 Å². The molecule has 0 unspecified atom stereocenters. The molecule has 0 atom stereocenters. The first kappa shape index (κ1) is 12.9. The predicted molar refractivity (Wildman–Crippen MR) is 72.1 cm³/mol. The number of anilines is 1. The Bertz CT molecular complexity index is 821. The number of aromatic nitrogens is 3. The number of nitrogens with zero attached hydrogens (tertiary/aromatic N) is 3. The van der Waals surface area contributed by atoms with Crippen LogP contribution in [-0.4, -0.2) is 33.9 Å². The van der Waals surface area contributed by atoms with Gasteiger partial charge in [-0.2, -0.15) is 9.97 Å². The van der Waals surface area contributed by atoms with Crippen LogP contribution in [0.2, 0.25) is 0 Å². The minimum absolute atomic E-state index is 0.0705. The van der Waals surface area contributed by atoms with Gasteiger partial charge in [0.2, 0.25) is 5.95 Å². The third-order valence-electron chi connectivity index (χ3n) is 2.83. The molecular weight excluding hydrogens is 276 g/mol. The highest BCUT2D eigenvalue weighted by atomic mass is 16.5. The van der Waals surface area contributed by atoms with E-state index in [1.165, 1.54) is 13.4 Å². The summed E-state index contributed by atoms with van der Waals surface area (Å²) in [5, 5.41) is 2.40. The lowest BCUT2D eigenvalue weighted by molar-refractivity contribution is 0.110. The molecule has 3 rings (SSSR count). The standard InChI is InChI=1S/C13H10N4O4/c1-20-13(19)16-12-14-10-3-2-5-17(10)11(15-12)8-4-6-21-9(8)7-18/h2-7H,1H3,(H,14,16,19). The summed E-state index contributed by atoms with van der Waals surface area (Å²) in [7, 11) is 1.24. The Labute approximate surface area is 118 Å². The Morgan fingerprint density at radius 2 is 2.29 bits per heavy atom. The van der Waals surface area contributed by atoms with Gasteiger partial charge in [-0.3, -0.25) is 14.5 Å². The molecule has 106 valence electrons. The van der Waals surface area contributed by atoms with Crippen LogP contribution >= 0.6 is 0 Å². The Balaban J connectivity index is 2.18. The van der Waals surface area contributed by atoms with Crippen molar-refractivity contribution in [3.8, 4) is 11.4 Å². The number of aldehydes is 1. The molecule has 0 aliphatic rings. The van der Waals surface area contributed by atoms with Crippen LogP contribution in [0.15, 0.2) is 35.1 Å². The predicted octanol–water partition coefficient (Wildman–Crippen LogP) is 1.98. The van der Waals surface area contributed by atoms with Crippen LogP contribution in [0.4, 0.5) is 10.7 Å². The number of methoxy groups -OCH3 is 1. The van der Waals surface area contributed by atoms with Crippen LogP contribution < -0.4 is 5.32 Å². The lowest BCUT2D eigenvalue weighted by Gasteiger charge is -2.07. The second-order valence-electron chi connectivity index (χ2n) is 4.04. The minimum Gasteiger partial charge on any atom is -0.461 e. The van der Waals surface area contributed by atoms with Gasteiger partial charge in [-0.05, 0) is 18.2 Å². The molecule has 3 heterocycles. The third-order valence-corrected chi connectivity index (χ3v) is 2.83. The molecular formula is C13H10N4O4. The lowest BCUT2D eigenvalue weighted by atomic mass is 10.2. The highest BCUT2D eigenvalue weighted by Crippen LogP contribution is 2.24. The van der Waals surface area contributed by atoms with Crippen LogP contribution in [-0.2, 0) is 4.74 Å². The maximum atomic E-state index is 11.3. The average molecular weight is 286 g/mol. The first-order chi connectivity index (χ1) is 10.2. The van der Waals surface area contributed by atoms with Crippen LogP contribution in [0, 0.1) is 0 Å². The molecule has 3 aromatic rings. The van der Waals surface area contributed by atoms with Crippen molar-refractivity contribution in [2.75, 3.05) is 12.4 Å². The van der Waals surface area contributed by atoms with E-state index in [0.29, 0.717) is 23.3 Å². The lowest BCUT2D eigenvalue weighted by Crippen LogP contribution is -2.14. The van der Waals surface area contributed by atoms with E-state index in [0.717, 1.165) is 0 Å². The summed E-state index contributed by atoms with van der Waals surface area (Å²) >= 11 is 0. The molecule has 8 heteroatoms. The summed E-state index contributed by atoms with van der Waals surface area (Å²) in [6.07, 6.45) is 3.05. The maximum Gasteiger partial charge on any atom is 0.413 e. The Hall–Kier alpha value is -3.16. The fourth-order valence-corrected chi connectivity index (χ4v) is 1.91. The van der Waals surface area contributed by atoms with Crippen LogP contribution in [0.25, 0.3) is 17.0 Å². The van der Waals surface area contributed by atoms with Gasteiger partial charge < -0.3 is 9.15 Å². The number of rotatable bonds is 3. The van der Waals surface area contributed by atoms with Gasteiger partial charge in [-0.15, -0.1) is 0 Å². The monoisotopic (exact) mass is 286 g/mol. The first-order valence-corrected chi connectivity index (χ1v) is 5.96. The fourth-order valence-electron chi connectivity index (χ4n) is 1.91. The number of furan rings is 1.